The van der Waals surface area contributed by atoms with Gasteiger partial charge in [0.25, 0.3) is 0 Å². The number of nitrogens with zero attached hydrogens (tertiary/aromatic N) is 1. The molecule has 104 valence electrons. The number of pyridine rings is 1. The average molecular weight is 269 g/mol. The third kappa shape index (κ3) is 2.75. The van der Waals surface area contributed by atoms with Crippen LogP contribution in [0.5, 0.6) is 5.75 Å². The lowest BCUT2D eigenvalue weighted by molar-refractivity contribution is 0.238. The largest absolute Gasteiger partial charge is 0.491 e. The molecule has 1 aliphatic rings. The molecule has 0 aliphatic heterocycles. The fraction of sp³-hybridized carbons (Fsp3) is 0.312. The number of anilines is 1. The molecule has 4 nitrogen and oxygen atoms in total. The zero-order chi connectivity index (χ0) is 14.0. The molecule has 1 fully saturated rings. The van der Waals surface area contributed by atoms with Crippen LogP contribution in [0.25, 0.3) is 11.1 Å². The quantitative estimate of drug-likeness (QED) is 0.818. The van der Waals surface area contributed by atoms with Gasteiger partial charge in [-0.05, 0) is 36.6 Å². The molecular weight excluding hydrogens is 250 g/mol. The van der Waals surface area contributed by atoms with Crippen LogP contribution in [0.2, 0.25) is 0 Å². The Kier molecular flexibility index (Phi) is 3.32. The van der Waals surface area contributed by atoms with Crippen molar-refractivity contribution in [1.82, 2.24) is 4.98 Å². The van der Waals surface area contributed by atoms with Gasteiger partial charge < -0.3 is 16.2 Å². The van der Waals surface area contributed by atoms with Crippen molar-refractivity contribution in [2.24, 2.45) is 11.1 Å². The van der Waals surface area contributed by atoms with Gasteiger partial charge in [0.2, 0.25) is 0 Å². The predicted octanol–water partition coefficient (Wildman–Crippen LogP) is 2.45. The summed E-state index contributed by atoms with van der Waals surface area (Å²) in [4.78, 5) is 4.24. The van der Waals surface area contributed by atoms with Crippen LogP contribution in [0.3, 0.4) is 0 Å². The molecule has 1 saturated carbocycles. The number of benzene rings is 1. The van der Waals surface area contributed by atoms with Crippen molar-refractivity contribution in [2.45, 2.75) is 12.8 Å². The third-order valence-electron chi connectivity index (χ3n) is 3.87. The maximum absolute atomic E-state index is 5.84. The number of hydrogen-bond acceptors (Lipinski definition) is 4. The summed E-state index contributed by atoms with van der Waals surface area (Å²) in [5, 5.41) is 0. The van der Waals surface area contributed by atoms with Crippen molar-refractivity contribution < 1.29 is 4.74 Å². The topological polar surface area (TPSA) is 74.2 Å². The van der Waals surface area contributed by atoms with Crippen molar-refractivity contribution in [3.8, 4) is 16.9 Å². The highest BCUT2D eigenvalue weighted by Crippen LogP contribution is 2.44. The van der Waals surface area contributed by atoms with Crippen LogP contribution in [-0.4, -0.2) is 18.1 Å². The monoisotopic (exact) mass is 269 g/mol. The SMILES string of the molecule is NCC1(COc2cncc(-c3cccc(N)c3)c2)CC1. The van der Waals surface area contributed by atoms with Gasteiger partial charge in [-0.1, -0.05) is 12.1 Å². The molecule has 0 spiro atoms. The smallest absolute Gasteiger partial charge is 0.138 e. The van der Waals surface area contributed by atoms with E-state index in [2.05, 4.69) is 4.98 Å². The van der Waals surface area contributed by atoms with Gasteiger partial charge in [0.15, 0.2) is 0 Å². The van der Waals surface area contributed by atoms with E-state index in [1.807, 2.05) is 36.5 Å². The Hall–Kier alpha value is -2.07. The lowest BCUT2D eigenvalue weighted by atomic mass is 10.1. The Morgan fingerprint density at radius 3 is 2.70 bits per heavy atom. The van der Waals surface area contributed by atoms with Crippen molar-refractivity contribution in [3.05, 3.63) is 42.7 Å². The maximum Gasteiger partial charge on any atom is 0.138 e. The fourth-order valence-corrected chi connectivity index (χ4v) is 2.19. The molecule has 20 heavy (non-hydrogen) atoms. The zero-order valence-corrected chi connectivity index (χ0v) is 11.4. The molecule has 0 atom stereocenters. The Morgan fingerprint density at radius 1 is 1.15 bits per heavy atom. The van der Waals surface area contributed by atoms with Gasteiger partial charge in [0.1, 0.15) is 5.75 Å². The minimum Gasteiger partial charge on any atom is -0.491 e. The zero-order valence-electron chi connectivity index (χ0n) is 11.4. The van der Waals surface area contributed by atoms with Crippen LogP contribution in [0, 0.1) is 5.41 Å². The summed E-state index contributed by atoms with van der Waals surface area (Å²) in [5.74, 6) is 0.782. The highest BCUT2D eigenvalue weighted by atomic mass is 16.5. The maximum atomic E-state index is 5.84. The van der Waals surface area contributed by atoms with Crippen LogP contribution in [0.1, 0.15) is 12.8 Å². The van der Waals surface area contributed by atoms with Crippen molar-refractivity contribution in [3.63, 3.8) is 0 Å². The first-order chi connectivity index (χ1) is 9.71. The van der Waals surface area contributed by atoms with E-state index in [9.17, 15) is 0 Å². The molecule has 2 aromatic rings. The van der Waals surface area contributed by atoms with Crippen molar-refractivity contribution in [1.29, 1.82) is 0 Å². The standard InChI is InChI=1S/C16H19N3O/c17-10-16(4-5-16)11-20-15-7-13(8-19-9-15)12-2-1-3-14(18)6-12/h1-3,6-9H,4-5,10-11,17-18H2. The van der Waals surface area contributed by atoms with Gasteiger partial charge in [0.05, 0.1) is 12.8 Å². The second-order valence-corrected chi connectivity index (χ2v) is 5.53. The Morgan fingerprint density at radius 2 is 2.00 bits per heavy atom. The number of ether oxygens (including phenoxy) is 1. The normalized spacial score (nSPS) is 15.8. The van der Waals surface area contributed by atoms with E-state index in [0.29, 0.717) is 13.2 Å². The first-order valence-electron chi connectivity index (χ1n) is 6.85. The number of hydrogen-bond donors (Lipinski definition) is 2. The molecule has 0 unspecified atom stereocenters. The molecule has 1 aromatic carbocycles. The van der Waals surface area contributed by atoms with Crippen LogP contribution in [0.4, 0.5) is 5.69 Å². The Bertz CT molecular complexity index is 608. The number of nitrogen functional groups attached to an aromatic ring is 1. The van der Waals surface area contributed by atoms with E-state index in [1.165, 1.54) is 0 Å². The summed E-state index contributed by atoms with van der Waals surface area (Å²) in [6, 6.07) is 9.75. The molecule has 4 N–H and O–H groups in total. The van der Waals surface area contributed by atoms with Crippen molar-refractivity contribution >= 4 is 5.69 Å². The van der Waals surface area contributed by atoms with E-state index >= 15 is 0 Å². The van der Waals surface area contributed by atoms with Crippen LogP contribution in [0.15, 0.2) is 42.7 Å². The highest BCUT2D eigenvalue weighted by Gasteiger charge is 2.42. The Labute approximate surface area is 118 Å². The summed E-state index contributed by atoms with van der Waals surface area (Å²) in [7, 11) is 0. The van der Waals surface area contributed by atoms with E-state index < -0.39 is 0 Å². The van der Waals surface area contributed by atoms with E-state index in [0.717, 1.165) is 35.4 Å². The minimum absolute atomic E-state index is 0.202. The Balaban J connectivity index is 1.76. The van der Waals surface area contributed by atoms with Crippen LogP contribution < -0.4 is 16.2 Å². The highest BCUT2D eigenvalue weighted by molar-refractivity contribution is 5.67. The summed E-state index contributed by atoms with van der Waals surface area (Å²) in [6.45, 7) is 1.36. The fourth-order valence-electron chi connectivity index (χ4n) is 2.19. The van der Waals surface area contributed by atoms with Crippen LogP contribution >= 0.6 is 0 Å². The molecule has 0 amide bonds. The molecule has 0 saturated heterocycles. The molecular formula is C16H19N3O. The van der Waals surface area contributed by atoms with Crippen LogP contribution in [-0.2, 0) is 0 Å². The van der Waals surface area contributed by atoms with Gasteiger partial charge in [0, 0.05) is 29.4 Å². The number of aromatic nitrogens is 1. The summed E-state index contributed by atoms with van der Waals surface area (Å²) in [5.41, 5.74) is 14.6. The van der Waals surface area contributed by atoms with Gasteiger partial charge >= 0.3 is 0 Å². The van der Waals surface area contributed by atoms with Gasteiger partial charge in [-0.25, -0.2) is 0 Å². The number of rotatable bonds is 5. The van der Waals surface area contributed by atoms with E-state index in [4.69, 9.17) is 16.2 Å². The first-order valence-corrected chi connectivity index (χ1v) is 6.85. The molecule has 0 bridgehead atoms. The molecule has 4 heteroatoms. The summed E-state index contributed by atoms with van der Waals surface area (Å²) >= 11 is 0. The van der Waals surface area contributed by atoms with Crippen molar-refractivity contribution in [2.75, 3.05) is 18.9 Å². The second-order valence-electron chi connectivity index (χ2n) is 5.53. The van der Waals surface area contributed by atoms with E-state index in [-0.39, 0.29) is 5.41 Å². The predicted molar refractivity (Wildman–Crippen MR) is 80.3 cm³/mol. The average Bonchev–Trinajstić information content (AvgIpc) is 3.26. The summed E-state index contributed by atoms with van der Waals surface area (Å²) in [6.07, 6.45) is 5.87. The molecule has 1 aromatic heterocycles. The minimum atomic E-state index is 0.202. The second kappa shape index (κ2) is 5.13. The molecule has 3 rings (SSSR count). The van der Waals surface area contributed by atoms with Gasteiger partial charge in [-0.15, -0.1) is 0 Å². The molecule has 1 heterocycles. The lowest BCUT2D eigenvalue weighted by Crippen LogP contribution is -2.22. The molecule has 1 aliphatic carbocycles. The van der Waals surface area contributed by atoms with Gasteiger partial charge in [-0.3, -0.25) is 4.98 Å². The summed E-state index contributed by atoms with van der Waals surface area (Å²) < 4.78 is 5.84. The lowest BCUT2D eigenvalue weighted by Gasteiger charge is -2.14. The van der Waals surface area contributed by atoms with E-state index in [1.54, 1.807) is 6.20 Å². The first kappa shape index (κ1) is 12.9. The number of nitrogens with two attached hydrogens (primary N) is 2. The third-order valence-corrected chi connectivity index (χ3v) is 3.87. The molecule has 0 radical (unpaired) electrons. The van der Waals surface area contributed by atoms with Gasteiger partial charge in [-0.2, -0.15) is 0 Å².